The number of nitrogens with zero attached hydrogens (tertiary/aromatic N) is 4. The number of hydrogen-bond acceptors (Lipinski definition) is 4. The van der Waals surface area contributed by atoms with Gasteiger partial charge < -0.3 is 14.8 Å². The third-order valence-electron chi connectivity index (χ3n) is 2.90. The van der Waals surface area contributed by atoms with Gasteiger partial charge in [0.25, 0.3) is 0 Å². The van der Waals surface area contributed by atoms with E-state index in [4.69, 9.17) is 0 Å². The highest BCUT2D eigenvalue weighted by Gasteiger charge is 2.06. The second kappa shape index (κ2) is 5.64. The minimum absolute atomic E-state index is 0.782. The van der Waals surface area contributed by atoms with Crippen LogP contribution in [-0.2, 0) is 20.1 Å². The first-order chi connectivity index (χ1) is 8.70. The molecule has 0 aromatic carbocycles. The second-order valence-corrected chi connectivity index (χ2v) is 4.35. The maximum atomic E-state index is 4.33. The maximum absolute atomic E-state index is 4.33. The van der Waals surface area contributed by atoms with Crippen molar-refractivity contribution in [1.29, 1.82) is 0 Å². The van der Waals surface area contributed by atoms with Crippen molar-refractivity contribution in [3.05, 3.63) is 42.2 Å². The minimum atomic E-state index is 0.782. The van der Waals surface area contributed by atoms with Crippen LogP contribution < -0.4 is 10.2 Å². The molecular weight excluding hydrogens is 226 g/mol. The van der Waals surface area contributed by atoms with Crippen molar-refractivity contribution in [2.24, 2.45) is 7.05 Å². The third kappa shape index (κ3) is 2.87. The number of aromatic nitrogens is 3. The summed E-state index contributed by atoms with van der Waals surface area (Å²) < 4.78 is 2.03. The van der Waals surface area contributed by atoms with Gasteiger partial charge in [-0.05, 0) is 19.2 Å². The molecule has 2 aromatic heterocycles. The van der Waals surface area contributed by atoms with Gasteiger partial charge in [-0.3, -0.25) is 4.98 Å². The molecule has 0 spiro atoms. The van der Waals surface area contributed by atoms with Crippen LogP contribution in [-0.4, -0.2) is 28.6 Å². The van der Waals surface area contributed by atoms with Crippen LogP contribution in [0.3, 0.4) is 0 Å². The minimum Gasteiger partial charge on any atom is -0.367 e. The molecule has 0 saturated carbocycles. The number of anilines is 1. The quantitative estimate of drug-likeness (QED) is 0.859. The average molecular weight is 245 g/mol. The molecular formula is C13H19N5. The number of hydrogen-bond donors (Lipinski definition) is 1. The number of imidazole rings is 1. The fraction of sp³-hybridized carbons (Fsp3) is 0.385. The molecule has 5 nitrogen and oxygen atoms in total. The first-order valence-electron chi connectivity index (χ1n) is 5.97. The molecule has 0 aliphatic rings. The van der Waals surface area contributed by atoms with Gasteiger partial charge in [-0.25, -0.2) is 4.98 Å². The van der Waals surface area contributed by atoms with Crippen molar-refractivity contribution in [2.45, 2.75) is 13.1 Å². The Morgan fingerprint density at radius 3 is 2.83 bits per heavy atom. The molecule has 18 heavy (non-hydrogen) atoms. The summed E-state index contributed by atoms with van der Waals surface area (Å²) >= 11 is 0. The second-order valence-electron chi connectivity index (χ2n) is 4.35. The first kappa shape index (κ1) is 12.6. The smallest absolute Gasteiger partial charge is 0.127 e. The summed E-state index contributed by atoms with van der Waals surface area (Å²) in [5.74, 6) is 1.05. The zero-order chi connectivity index (χ0) is 13.0. The van der Waals surface area contributed by atoms with E-state index < -0.39 is 0 Å². The van der Waals surface area contributed by atoms with Crippen LogP contribution in [0.2, 0.25) is 0 Å². The van der Waals surface area contributed by atoms with Crippen molar-refractivity contribution in [3.8, 4) is 0 Å². The first-order valence-corrected chi connectivity index (χ1v) is 5.97. The van der Waals surface area contributed by atoms with E-state index in [9.17, 15) is 0 Å². The lowest BCUT2D eigenvalue weighted by atomic mass is 10.3. The highest BCUT2D eigenvalue weighted by atomic mass is 15.2. The van der Waals surface area contributed by atoms with Crippen LogP contribution in [0.25, 0.3) is 0 Å². The average Bonchev–Trinajstić information content (AvgIpc) is 2.76. The Hall–Kier alpha value is -1.88. The Bertz CT molecular complexity index is 506. The Kier molecular flexibility index (Phi) is 3.94. The molecule has 2 rings (SSSR count). The van der Waals surface area contributed by atoms with Gasteiger partial charge in [0.2, 0.25) is 0 Å². The zero-order valence-corrected chi connectivity index (χ0v) is 11.1. The van der Waals surface area contributed by atoms with E-state index in [0.717, 1.165) is 30.3 Å². The Morgan fingerprint density at radius 2 is 2.17 bits per heavy atom. The molecule has 0 atom stereocenters. The Balaban J connectivity index is 2.11. The monoisotopic (exact) mass is 245 g/mol. The van der Waals surface area contributed by atoms with Crippen molar-refractivity contribution in [2.75, 3.05) is 19.0 Å². The van der Waals surface area contributed by atoms with Crippen LogP contribution in [0.4, 0.5) is 5.69 Å². The SMILES string of the molecule is CNCc1cc(N(C)Cc2nccn2C)ccn1. The summed E-state index contributed by atoms with van der Waals surface area (Å²) in [4.78, 5) is 10.8. The zero-order valence-electron chi connectivity index (χ0n) is 11.1. The standard InChI is InChI=1S/C13H19N5/c1-14-9-11-8-12(4-5-15-11)18(3)10-13-16-6-7-17(13)2/h4-8,14H,9-10H2,1-3H3. The van der Waals surface area contributed by atoms with Crippen LogP contribution in [0.1, 0.15) is 11.5 Å². The summed E-state index contributed by atoms with van der Waals surface area (Å²) in [6, 6.07) is 4.11. The number of pyridine rings is 1. The third-order valence-corrected chi connectivity index (χ3v) is 2.90. The predicted octanol–water partition coefficient (Wildman–Crippen LogP) is 1.17. The van der Waals surface area contributed by atoms with Gasteiger partial charge in [-0.2, -0.15) is 0 Å². The van der Waals surface area contributed by atoms with Crippen LogP contribution in [0.5, 0.6) is 0 Å². The molecule has 0 aliphatic heterocycles. The van der Waals surface area contributed by atoms with Gasteiger partial charge in [-0.1, -0.05) is 0 Å². The molecule has 0 amide bonds. The number of aryl methyl sites for hydroxylation is 1. The van der Waals surface area contributed by atoms with Gasteiger partial charge in [0.15, 0.2) is 0 Å². The highest BCUT2D eigenvalue weighted by Crippen LogP contribution is 2.15. The molecule has 0 radical (unpaired) electrons. The van der Waals surface area contributed by atoms with Gasteiger partial charge in [0, 0.05) is 44.9 Å². The molecule has 2 heterocycles. The molecule has 0 unspecified atom stereocenters. The molecule has 0 fully saturated rings. The summed E-state index contributed by atoms with van der Waals surface area (Å²) in [6.07, 6.45) is 5.63. The number of rotatable bonds is 5. The van der Waals surface area contributed by atoms with Crippen molar-refractivity contribution in [3.63, 3.8) is 0 Å². The molecule has 0 bridgehead atoms. The van der Waals surface area contributed by atoms with Crippen molar-refractivity contribution < 1.29 is 0 Å². The molecule has 2 aromatic rings. The van der Waals surface area contributed by atoms with Crippen molar-refractivity contribution >= 4 is 5.69 Å². The predicted molar refractivity (Wildman–Crippen MR) is 72.3 cm³/mol. The van der Waals surface area contributed by atoms with E-state index >= 15 is 0 Å². The van der Waals surface area contributed by atoms with E-state index in [1.807, 2.05) is 43.3 Å². The summed E-state index contributed by atoms with van der Waals surface area (Å²) in [5.41, 5.74) is 2.19. The summed E-state index contributed by atoms with van der Waals surface area (Å²) in [5, 5.41) is 3.11. The summed E-state index contributed by atoms with van der Waals surface area (Å²) in [6.45, 7) is 1.57. The molecule has 1 N–H and O–H groups in total. The van der Waals surface area contributed by atoms with E-state index in [2.05, 4.69) is 33.3 Å². The van der Waals surface area contributed by atoms with Crippen LogP contribution in [0, 0.1) is 0 Å². The largest absolute Gasteiger partial charge is 0.367 e. The van der Waals surface area contributed by atoms with Crippen LogP contribution >= 0.6 is 0 Å². The topological polar surface area (TPSA) is 46.0 Å². The Labute approximate surface area is 107 Å². The van der Waals surface area contributed by atoms with Gasteiger partial charge in [0.1, 0.15) is 5.82 Å². The fourth-order valence-electron chi connectivity index (χ4n) is 1.83. The molecule has 0 saturated heterocycles. The van der Waals surface area contributed by atoms with E-state index in [1.165, 1.54) is 0 Å². The van der Waals surface area contributed by atoms with Crippen molar-refractivity contribution in [1.82, 2.24) is 19.9 Å². The Morgan fingerprint density at radius 1 is 1.33 bits per heavy atom. The lowest BCUT2D eigenvalue weighted by Crippen LogP contribution is -2.19. The van der Waals surface area contributed by atoms with Crippen LogP contribution in [0.15, 0.2) is 30.7 Å². The number of nitrogens with one attached hydrogen (secondary N) is 1. The van der Waals surface area contributed by atoms with E-state index in [-0.39, 0.29) is 0 Å². The van der Waals surface area contributed by atoms with Gasteiger partial charge in [0.05, 0.1) is 12.2 Å². The highest BCUT2D eigenvalue weighted by molar-refractivity contribution is 5.45. The molecule has 0 aliphatic carbocycles. The molecule has 5 heteroatoms. The lowest BCUT2D eigenvalue weighted by molar-refractivity contribution is 0.757. The summed E-state index contributed by atoms with van der Waals surface area (Å²) in [7, 11) is 5.99. The van der Waals surface area contributed by atoms with E-state index in [0.29, 0.717) is 0 Å². The van der Waals surface area contributed by atoms with Gasteiger partial charge >= 0.3 is 0 Å². The normalized spacial score (nSPS) is 10.6. The van der Waals surface area contributed by atoms with E-state index in [1.54, 1.807) is 0 Å². The fourth-order valence-corrected chi connectivity index (χ4v) is 1.83. The lowest BCUT2D eigenvalue weighted by Gasteiger charge is -2.19. The van der Waals surface area contributed by atoms with Gasteiger partial charge in [-0.15, -0.1) is 0 Å². The maximum Gasteiger partial charge on any atom is 0.127 e. The molecule has 96 valence electrons.